The van der Waals surface area contributed by atoms with Crippen molar-refractivity contribution in [3.8, 4) is 0 Å². The molecule has 0 radical (unpaired) electrons. The Morgan fingerprint density at radius 2 is 2.00 bits per heavy atom. The number of carbonyl (C=O) groups is 1. The van der Waals surface area contributed by atoms with Gasteiger partial charge in [0.15, 0.2) is 0 Å². The Morgan fingerprint density at radius 3 is 2.38 bits per heavy atom. The molecule has 4 N–H and O–H groups in total. The number of rotatable bonds is 7. The lowest BCUT2D eigenvalue weighted by Gasteiger charge is -2.28. The maximum absolute atomic E-state index is 10.9. The number of hydrogen-bond acceptors (Lipinski definition) is 3. The molecule has 0 unspecified atom stereocenters. The van der Waals surface area contributed by atoms with Gasteiger partial charge in [-0.25, -0.2) is 4.79 Å². The fourth-order valence-electron chi connectivity index (χ4n) is 1.52. The minimum atomic E-state index is -0.984. The molecule has 1 atom stereocenters. The third kappa shape index (κ3) is 7.48. The predicted molar refractivity (Wildman–Crippen MR) is 63.4 cm³/mol. The van der Waals surface area contributed by atoms with Crippen LogP contribution in [0.1, 0.15) is 40.0 Å². The predicted octanol–water partition coefficient (Wildman–Crippen LogP) is 1.25. The van der Waals surface area contributed by atoms with E-state index in [0.29, 0.717) is 19.4 Å². The third-order valence-electron chi connectivity index (χ3n) is 2.22. The SMILES string of the molecule is CCC[C@H](O)CCN(CC(C)(C)N)C(=O)O. The summed E-state index contributed by atoms with van der Waals surface area (Å²) in [5.74, 6) is 0. The highest BCUT2D eigenvalue weighted by Gasteiger charge is 2.21. The molecule has 0 fully saturated rings. The highest BCUT2D eigenvalue weighted by atomic mass is 16.4. The Balaban J connectivity index is 4.10. The number of amides is 1. The van der Waals surface area contributed by atoms with E-state index in [1.165, 1.54) is 4.90 Å². The van der Waals surface area contributed by atoms with Crippen LogP contribution < -0.4 is 5.73 Å². The van der Waals surface area contributed by atoms with E-state index in [-0.39, 0.29) is 6.54 Å². The number of nitrogens with two attached hydrogens (primary N) is 1. The molecule has 0 saturated carbocycles. The molecular formula is C11H24N2O3. The minimum absolute atomic E-state index is 0.279. The molecule has 0 aromatic rings. The molecule has 0 aromatic carbocycles. The van der Waals surface area contributed by atoms with Gasteiger partial charge in [0.2, 0.25) is 0 Å². The first-order valence-electron chi connectivity index (χ1n) is 5.71. The van der Waals surface area contributed by atoms with Gasteiger partial charge < -0.3 is 20.8 Å². The quantitative estimate of drug-likeness (QED) is 0.616. The van der Waals surface area contributed by atoms with Gasteiger partial charge in [-0.05, 0) is 26.7 Å². The molecule has 0 heterocycles. The molecule has 16 heavy (non-hydrogen) atoms. The largest absolute Gasteiger partial charge is 0.465 e. The Hall–Kier alpha value is -0.810. The lowest BCUT2D eigenvalue weighted by Crippen LogP contribution is -2.47. The topological polar surface area (TPSA) is 86.8 Å². The van der Waals surface area contributed by atoms with Gasteiger partial charge in [0, 0.05) is 18.6 Å². The summed E-state index contributed by atoms with van der Waals surface area (Å²) in [5, 5.41) is 18.5. The van der Waals surface area contributed by atoms with Crippen LogP contribution in [0, 0.1) is 0 Å². The van der Waals surface area contributed by atoms with E-state index in [1.807, 2.05) is 6.92 Å². The smallest absolute Gasteiger partial charge is 0.407 e. The van der Waals surface area contributed by atoms with Gasteiger partial charge in [0.1, 0.15) is 0 Å². The number of hydrogen-bond donors (Lipinski definition) is 3. The summed E-state index contributed by atoms with van der Waals surface area (Å²) < 4.78 is 0. The molecule has 0 aromatic heterocycles. The normalized spacial score (nSPS) is 13.6. The fourth-order valence-corrected chi connectivity index (χ4v) is 1.52. The third-order valence-corrected chi connectivity index (χ3v) is 2.22. The monoisotopic (exact) mass is 232 g/mol. The van der Waals surface area contributed by atoms with Gasteiger partial charge in [0.25, 0.3) is 0 Å². The van der Waals surface area contributed by atoms with Crippen LogP contribution in [0.15, 0.2) is 0 Å². The van der Waals surface area contributed by atoms with Crippen molar-refractivity contribution in [3.05, 3.63) is 0 Å². The van der Waals surface area contributed by atoms with Crippen LogP contribution >= 0.6 is 0 Å². The van der Waals surface area contributed by atoms with E-state index in [1.54, 1.807) is 13.8 Å². The second-order valence-corrected chi connectivity index (χ2v) is 4.92. The molecule has 0 bridgehead atoms. The van der Waals surface area contributed by atoms with Gasteiger partial charge in [-0.15, -0.1) is 0 Å². The first-order valence-corrected chi connectivity index (χ1v) is 5.71. The van der Waals surface area contributed by atoms with Crippen molar-refractivity contribution in [2.45, 2.75) is 51.7 Å². The molecule has 5 heteroatoms. The number of carboxylic acid groups (broad SMARTS) is 1. The van der Waals surface area contributed by atoms with Gasteiger partial charge >= 0.3 is 6.09 Å². The van der Waals surface area contributed by atoms with Gasteiger partial charge in [-0.3, -0.25) is 0 Å². The molecule has 0 rings (SSSR count). The number of nitrogens with zero attached hydrogens (tertiary/aromatic N) is 1. The standard InChI is InChI=1S/C11H24N2O3/c1-4-5-9(14)6-7-13(10(15)16)8-11(2,3)12/h9,14H,4-8,12H2,1-3H3,(H,15,16)/t9-/m0/s1. The fraction of sp³-hybridized carbons (Fsp3) is 0.909. The number of aliphatic hydroxyl groups excluding tert-OH is 1. The summed E-state index contributed by atoms with van der Waals surface area (Å²) in [6.07, 6.45) is 0.668. The summed E-state index contributed by atoms with van der Waals surface area (Å²) in [7, 11) is 0. The van der Waals surface area contributed by atoms with E-state index >= 15 is 0 Å². The molecule has 0 aliphatic carbocycles. The summed E-state index contributed by atoms with van der Waals surface area (Å²) in [4.78, 5) is 12.2. The van der Waals surface area contributed by atoms with Crippen molar-refractivity contribution in [2.24, 2.45) is 5.73 Å². The average Bonchev–Trinajstić information content (AvgIpc) is 2.10. The highest BCUT2D eigenvalue weighted by molar-refractivity contribution is 5.65. The minimum Gasteiger partial charge on any atom is -0.465 e. The molecule has 0 aliphatic rings. The Kier molecular flexibility index (Phi) is 6.36. The van der Waals surface area contributed by atoms with Crippen molar-refractivity contribution >= 4 is 6.09 Å². The molecule has 5 nitrogen and oxygen atoms in total. The van der Waals surface area contributed by atoms with Gasteiger partial charge in [-0.1, -0.05) is 13.3 Å². The van der Waals surface area contributed by atoms with Crippen molar-refractivity contribution in [2.75, 3.05) is 13.1 Å². The van der Waals surface area contributed by atoms with Crippen LogP contribution in [0.2, 0.25) is 0 Å². The van der Waals surface area contributed by atoms with Crippen molar-refractivity contribution in [3.63, 3.8) is 0 Å². The highest BCUT2D eigenvalue weighted by Crippen LogP contribution is 2.07. The van der Waals surface area contributed by atoms with Crippen molar-refractivity contribution in [1.82, 2.24) is 4.90 Å². The molecule has 0 spiro atoms. The molecule has 1 amide bonds. The maximum atomic E-state index is 10.9. The Morgan fingerprint density at radius 1 is 1.44 bits per heavy atom. The second kappa shape index (κ2) is 6.70. The van der Waals surface area contributed by atoms with Gasteiger partial charge in [-0.2, -0.15) is 0 Å². The van der Waals surface area contributed by atoms with Crippen LogP contribution in [-0.2, 0) is 0 Å². The molecule has 0 saturated heterocycles. The number of aliphatic hydroxyl groups is 1. The maximum Gasteiger partial charge on any atom is 0.407 e. The zero-order valence-electron chi connectivity index (χ0n) is 10.4. The zero-order valence-corrected chi connectivity index (χ0v) is 10.4. The second-order valence-electron chi connectivity index (χ2n) is 4.92. The van der Waals surface area contributed by atoms with Gasteiger partial charge in [0.05, 0.1) is 6.10 Å². The van der Waals surface area contributed by atoms with E-state index in [0.717, 1.165) is 6.42 Å². The van der Waals surface area contributed by atoms with E-state index in [4.69, 9.17) is 10.8 Å². The summed E-state index contributed by atoms with van der Waals surface area (Å²) >= 11 is 0. The molecule has 0 aliphatic heterocycles. The van der Waals surface area contributed by atoms with Crippen LogP contribution in [0.3, 0.4) is 0 Å². The zero-order chi connectivity index (χ0) is 12.8. The van der Waals surface area contributed by atoms with E-state index < -0.39 is 17.7 Å². The lowest BCUT2D eigenvalue weighted by molar-refractivity contribution is 0.109. The van der Waals surface area contributed by atoms with Crippen LogP contribution in [0.25, 0.3) is 0 Å². The Labute approximate surface area is 97.2 Å². The summed E-state index contributed by atoms with van der Waals surface area (Å²) in [5.41, 5.74) is 5.22. The first kappa shape index (κ1) is 15.2. The van der Waals surface area contributed by atoms with Crippen LogP contribution in [-0.4, -0.2) is 45.9 Å². The summed E-state index contributed by atoms with van der Waals surface area (Å²) in [6, 6.07) is 0. The van der Waals surface area contributed by atoms with Crippen LogP contribution in [0.5, 0.6) is 0 Å². The average molecular weight is 232 g/mol. The van der Waals surface area contributed by atoms with Crippen molar-refractivity contribution in [1.29, 1.82) is 0 Å². The first-order chi connectivity index (χ1) is 7.26. The summed E-state index contributed by atoms with van der Waals surface area (Å²) in [6.45, 7) is 6.16. The van der Waals surface area contributed by atoms with E-state index in [9.17, 15) is 9.90 Å². The van der Waals surface area contributed by atoms with Crippen LogP contribution in [0.4, 0.5) is 4.79 Å². The Bertz CT molecular complexity index is 214. The van der Waals surface area contributed by atoms with E-state index in [2.05, 4.69) is 0 Å². The lowest BCUT2D eigenvalue weighted by atomic mass is 10.1. The molecule has 96 valence electrons. The molecular weight excluding hydrogens is 208 g/mol. The van der Waals surface area contributed by atoms with Crippen molar-refractivity contribution < 1.29 is 15.0 Å².